The molecular formula is C10H11ClN6. The van der Waals surface area contributed by atoms with Gasteiger partial charge in [-0.1, -0.05) is 17.7 Å². The molecule has 1 aromatic carbocycles. The molecule has 17 heavy (non-hydrogen) atoms. The Morgan fingerprint density at radius 3 is 2.47 bits per heavy atom. The van der Waals surface area contributed by atoms with Gasteiger partial charge in [-0.15, -0.1) is 10.2 Å². The molecule has 0 radical (unpaired) electrons. The fraction of sp³-hybridized carbons (Fsp3) is 0.100. The summed E-state index contributed by atoms with van der Waals surface area (Å²) in [6.07, 6.45) is 0. The van der Waals surface area contributed by atoms with Crippen LogP contribution in [0.2, 0.25) is 5.02 Å². The Hall–Kier alpha value is -2.08. The molecule has 0 saturated carbocycles. The minimum absolute atomic E-state index is 0.0328. The molecule has 7 heteroatoms. The van der Waals surface area contributed by atoms with Crippen molar-refractivity contribution in [3.8, 4) is 11.3 Å². The highest BCUT2D eigenvalue weighted by atomic mass is 35.5. The summed E-state index contributed by atoms with van der Waals surface area (Å²) < 4.78 is 0. The average molecular weight is 251 g/mol. The van der Waals surface area contributed by atoms with Gasteiger partial charge in [0.25, 0.3) is 0 Å². The van der Waals surface area contributed by atoms with Crippen LogP contribution in [0.1, 0.15) is 5.56 Å². The van der Waals surface area contributed by atoms with Crippen LogP contribution in [0.3, 0.4) is 0 Å². The quantitative estimate of drug-likeness (QED) is 0.656. The minimum atomic E-state index is 0.0328. The van der Waals surface area contributed by atoms with Gasteiger partial charge in [-0.25, -0.2) is 0 Å². The van der Waals surface area contributed by atoms with Crippen LogP contribution in [0, 0.1) is 6.92 Å². The van der Waals surface area contributed by atoms with Crippen LogP contribution < -0.4 is 17.2 Å². The number of hydrogen-bond acceptors (Lipinski definition) is 6. The smallest absolute Gasteiger partial charge is 0.242 e. The van der Waals surface area contributed by atoms with Gasteiger partial charge in [0.2, 0.25) is 5.95 Å². The maximum absolute atomic E-state index is 6.06. The summed E-state index contributed by atoms with van der Waals surface area (Å²) in [7, 11) is 0. The number of rotatable bonds is 1. The van der Waals surface area contributed by atoms with Crippen molar-refractivity contribution in [3.63, 3.8) is 0 Å². The molecule has 88 valence electrons. The van der Waals surface area contributed by atoms with E-state index in [1.54, 1.807) is 12.1 Å². The molecule has 1 heterocycles. The Kier molecular flexibility index (Phi) is 2.72. The van der Waals surface area contributed by atoms with E-state index in [9.17, 15) is 0 Å². The van der Waals surface area contributed by atoms with Crippen molar-refractivity contribution >= 4 is 29.1 Å². The highest BCUT2D eigenvalue weighted by molar-refractivity contribution is 6.34. The molecule has 0 unspecified atom stereocenters. The number of anilines is 3. The van der Waals surface area contributed by atoms with Crippen molar-refractivity contribution in [2.24, 2.45) is 0 Å². The largest absolute Gasteiger partial charge is 0.398 e. The zero-order valence-electron chi connectivity index (χ0n) is 9.11. The molecule has 0 aliphatic rings. The molecule has 6 N–H and O–H groups in total. The van der Waals surface area contributed by atoms with Crippen molar-refractivity contribution in [3.05, 3.63) is 22.7 Å². The lowest BCUT2D eigenvalue weighted by atomic mass is 10.0. The lowest BCUT2D eigenvalue weighted by Crippen LogP contribution is -2.05. The molecule has 0 fully saturated rings. The van der Waals surface area contributed by atoms with Crippen molar-refractivity contribution < 1.29 is 0 Å². The van der Waals surface area contributed by atoms with E-state index in [0.29, 0.717) is 16.4 Å². The predicted molar refractivity (Wildman–Crippen MR) is 68.2 cm³/mol. The number of benzene rings is 1. The van der Waals surface area contributed by atoms with E-state index in [1.807, 2.05) is 6.92 Å². The van der Waals surface area contributed by atoms with Gasteiger partial charge in [-0.3, -0.25) is 0 Å². The summed E-state index contributed by atoms with van der Waals surface area (Å²) in [5, 5.41) is 8.06. The normalized spacial score (nSPS) is 10.5. The van der Waals surface area contributed by atoms with E-state index in [-0.39, 0.29) is 11.8 Å². The number of nitrogens with zero attached hydrogens (tertiary/aromatic N) is 3. The molecule has 6 nitrogen and oxygen atoms in total. The third-order valence-electron chi connectivity index (χ3n) is 2.40. The highest BCUT2D eigenvalue weighted by Crippen LogP contribution is 2.33. The van der Waals surface area contributed by atoms with Gasteiger partial charge in [0, 0.05) is 5.56 Å². The first kappa shape index (κ1) is 11.4. The van der Waals surface area contributed by atoms with Crippen LogP contribution in [0.5, 0.6) is 0 Å². The van der Waals surface area contributed by atoms with E-state index < -0.39 is 0 Å². The standard InChI is InChI=1S/C10H11ClN6/c1-4-5(2-3-6(12)7(4)11)8-9(13)15-10(14)17-16-8/h2-3H,12H2,1H3,(H4,13,14,15,17). The Bertz CT molecular complexity index is 583. The van der Waals surface area contributed by atoms with E-state index in [0.717, 1.165) is 11.1 Å². The van der Waals surface area contributed by atoms with E-state index >= 15 is 0 Å². The van der Waals surface area contributed by atoms with Crippen LogP contribution in [-0.4, -0.2) is 15.2 Å². The summed E-state index contributed by atoms with van der Waals surface area (Å²) in [6, 6.07) is 3.46. The zero-order chi connectivity index (χ0) is 12.6. The molecule has 0 bridgehead atoms. The summed E-state index contributed by atoms with van der Waals surface area (Å²) in [5.74, 6) is 0.242. The fourth-order valence-electron chi connectivity index (χ4n) is 1.51. The molecule has 2 rings (SSSR count). The van der Waals surface area contributed by atoms with Crippen molar-refractivity contribution in [1.82, 2.24) is 15.2 Å². The Balaban J connectivity index is 2.65. The number of nitrogens with two attached hydrogens (primary N) is 3. The van der Waals surface area contributed by atoms with Gasteiger partial charge >= 0.3 is 0 Å². The summed E-state index contributed by atoms with van der Waals surface area (Å²) in [5.41, 5.74) is 19.3. The number of aromatic nitrogens is 3. The highest BCUT2D eigenvalue weighted by Gasteiger charge is 2.13. The first-order chi connectivity index (χ1) is 8.00. The maximum Gasteiger partial charge on any atom is 0.242 e. The van der Waals surface area contributed by atoms with Crippen LogP contribution in [0.25, 0.3) is 11.3 Å². The Morgan fingerprint density at radius 2 is 1.82 bits per heavy atom. The Labute approximate surface area is 103 Å². The molecule has 0 aliphatic heterocycles. The van der Waals surface area contributed by atoms with E-state index in [4.69, 9.17) is 28.8 Å². The van der Waals surface area contributed by atoms with Crippen LogP contribution >= 0.6 is 11.6 Å². The number of hydrogen-bond donors (Lipinski definition) is 3. The summed E-state index contributed by atoms with van der Waals surface area (Å²) in [4.78, 5) is 3.85. The molecule has 0 aliphatic carbocycles. The molecule has 0 amide bonds. The second kappa shape index (κ2) is 4.06. The minimum Gasteiger partial charge on any atom is -0.398 e. The third-order valence-corrected chi connectivity index (χ3v) is 2.90. The van der Waals surface area contributed by atoms with Gasteiger partial charge in [0.1, 0.15) is 5.69 Å². The second-order valence-electron chi connectivity index (χ2n) is 3.55. The van der Waals surface area contributed by atoms with Crippen LogP contribution in [0.4, 0.5) is 17.5 Å². The van der Waals surface area contributed by atoms with E-state index in [2.05, 4.69) is 15.2 Å². The lowest BCUT2D eigenvalue weighted by molar-refractivity contribution is 0.998. The van der Waals surface area contributed by atoms with Crippen LogP contribution in [0.15, 0.2) is 12.1 Å². The SMILES string of the molecule is Cc1c(-c2nnc(N)nc2N)ccc(N)c1Cl. The number of halogens is 1. The monoisotopic (exact) mass is 250 g/mol. The van der Waals surface area contributed by atoms with Gasteiger partial charge in [-0.2, -0.15) is 4.98 Å². The van der Waals surface area contributed by atoms with Gasteiger partial charge in [0.15, 0.2) is 5.82 Å². The molecule has 2 aromatic rings. The van der Waals surface area contributed by atoms with Crippen molar-refractivity contribution in [1.29, 1.82) is 0 Å². The van der Waals surface area contributed by atoms with Crippen LogP contribution in [-0.2, 0) is 0 Å². The topological polar surface area (TPSA) is 117 Å². The second-order valence-corrected chi connectivity index (χ2v) is 3.92. The van der Waals surface area contributed by atoms with Gasteiger partial charge in [0.05, 0.1) is 10.7 Å². The summed E-state index contributed by atoms with van der Waals surface area (Å²) >= 11 is 6.06. The van der Waals surface area contributed by atoms with Gasteiger partial charge in [-0.05, 0) is 18.6 Å². The first-order valence-electron chi connectivity index (χ1n) is 4.81. The number of nitrogen functional groups attached to an aromatic ring is 3. The first-order valence-corrected chi connectivity index (χ1v) is 5.19. The van der Waals surface area contributed by atoms with Gasteiger partial charge < -0.3 is 17.2 Å². The molecule has 0 saturated heterocycles. The zero-order valence-corrected chi connectivity index (χ0v) is 9.86. The molecular weight excluding hydrogens is 240 g/mol. The van der Waals surface area contributed by atoms with Crippen molar-refractivity contribution in [2.75, 3.05) is 17.2 Å². The molecule has 0 atom stereocenters. The Morgan fingerprint density at radius 1 is 1.12 bits per heavy atom. The molecule has 0 spiro atoms. The fourth-order valence-corrected chi connectivity index (χ4v) is 1.67. The van der Waals surface area contributed by atoms with Crippen molar-refractivity contribution in [2.45, 2.75) is 6.92 Å². The third kappa shape index (κ3) is 1.94. The van der Waals surface area contributed by atoms with E-state index in [1.165, 1.54) is 0 Å². The maximum atomic E-state index is 6.06. The predicted octanol–water partition coefficient (Wildman–Crippen LogP) is 1.25. The summed E-state index contributed by atoms with van der Waals surface area (Å²) in [6.45, 7) is 1.82. The lowest BCUT2D eigenvalue weighted by Gasteiger charge is -2.09. The molecule has 1 aromatic heterocycles. The average Bonchev–Trinajstić information content (AvgIpc) is 2.28.